The maximum atomic E-state index is 6.08. The Morgan fingerprint density at radius 3 is 2.58 bits per heavy atom. The van der Waals surface area contributed by atoms with Gasteiger partial charge in [-0.25, -0.2) is 4.99 Å². The molecule has 0 aromatic heterocycles. The van der Waals surface area contributed by atoms with Crippen molar-refractivity contribution in [3.8, 4) is 0 Å². The van der Waals surface area contributed by atoms with Crippen molar-refractivity contribution in [3.63, 3.8) is 0 Å². The average molecular weight is 251 g/mol. The number of para-hydroxylation sites is 1. The van der Waals surface area contributed by atoms with E-state index in [0.29, 0.717) is 0 Å². The van der Waals surface area contributed by atoms with E-state index in [1.807, 2.05) is 12.1 Å². The molecule has 0 radical (unpaired) electrons. The van der Waals surface area contributed by atoms with Gasteiger partial charge in [0, 0.05) is 12.8 Å². The molecule has 2 heteroatoms. The van der Waals surface area contributed by atoms with Crippen LogP contribution in [0.4, 0.5) is 5.69 Å². The smallest absolute Gasteiger partial charge is 0.188 e. The summed E-state index contributed by atoms with van der Waals surface area (Å²) in [6.07, 6.45) is 1.74. The molecule has 1 atom stereocenters. The first-order chi connectivity index (χ1) is 9.36. The Morgan fingerprint density at radius 2 is 1.79 bits per heavy atom. The fraction of sp³-hybridized carbons (Fsp3) is 0.235. The molecule has 2 nitrogen and oxygen atoms in total. The van der Waals surface area contributed by atoms with Gasteiger partial charge >= 0.3 is 0 Å². The monoisotopic (exact) mass is 251 g/mol. The van der Waals surface area contributed by atoms with Crippen LogP contribution in [0.3, 0.4) is 0 Å². The lowest BCUT2D eigenvalue weighted by Gasteiger charge is -2.17. The summed E-state index contributed by atoms with van der Waals surface area (Å²) in [4.78, 5) is 4.63. The quantitative estimate of drug-likeness (QED) is 0.773. The Bertz CT molecular complexity index is 589. The van der Waals surface area contributed by atoms with Gasteiger partial charge in [0.15, 0.2) is 5.90 Å². The summed E-state index contributed by atoms with van der Waals surface area (Å²) in [6, 6.07) is 18.7. The summed E-state index contributed by atoms with van der Waals surface area (Å²) in [6.45, 7) is 2.08. The fourth-order valence-corrected chi connectivity index (χ4v) is 2.37. The Morgan fingerprint density at radius 1 is 1.05 bits per heavy atom. The number of hydrogen-bond acceptors (Lipinski definition) is 2. The van der Waals surface area contributed by atoms with Crippen LogP contribution in [0.1, 0.15) is 30.6 Å². The molecule has 0 saturated carbocycles. The Hall–Kier alpha value is -2.09. The van der Waals surface area contributed by atoms with E-state index in [2.05, 4.69) is 54.4 Å². The van der Waals surface area contributed by atoms with Gasteiger partial charge in [-0.3, -0.25) is 0 Å². The highest BCUT2D eigenvalue weighted by molar-refractivity contribution is 5.80. The molecule has 2 aromatic carbocycles. The van der Waals surface area contributed by atoms with Crippen LogP contribution in [0.15, 0.2) is 59.6 Å². The van der Waals surface area contributed by atoms with Crippen LogP contribution in [0, 0.1) is 0 Å². The molecule has 0 fully saturated rings. The molecule has 0 aliphatic carbocycles. The number of benzene rings is 2. The number of fused-ring (bicyclic) bond motifs is 1. The molecule has 0 bridgehead atoms. The topological polar surface area (TPSA) is 21.6 Å². The fourth-order valence-electron chi connectivity index (χ4n) is 2.37. The minimum absolute atomic E-state index is 0.0588. The lowest BCUT2D eigenvalue weighted by Crippen LogP contribution is -2.11. The standard InChI is InChI=1S/C17H17NO/c1-2-17-18-15-11-7-6-10-14(15)12-16(19-17)13-8-4-3-5-9-13/h3-11,16H,2,12H2,1H3. The normalized spacial score (nSPS) is 17.9. The molecule has 2 aromatic rings. The molecular formula is C17H17NO. The van der Waals surface area contributed by atoms with Crippen molar-refractivity contribution >= 4 is 11.6 Å². The van der Waals surface area contributed by atoms with E-state index in [9.17, 15) is 0 Å². The van der Waals surface area contributed by atoms with Crippen molar-refractivity contribution in [1.82, 2.24) is 0 Å². The van der Waals surface area contributed by atoms with Crippen molar-refractivity contribution in [2.45, 2.75) is 25.9 Å². The lowest BCUT2D eigenvalue weighted by molar-refractivity contribution is 0.190. The van der Waals surface area contributed by atoms with E-state index in [-0.39, 0.29) is 6.10 Å². The molecule has 1 aliphatic heterocycles. The Kier molecular flexibility index (Phi) is 3.32. The molecule has 1 aliphatic rings. The first-order valence-corrected chi connectivity index (χ1v) is 6.74. The van der Waals surface area contributed by atoms with Gasteiger partial charge in [0.25, 0.3) is 0 Å². The van der Waals surface area contributed by atoms with Crippen LogP contribution in [0.5, 0.6) is 0 Å². The van der Waals surface area contributed by atoms with Crippen LogP contribution in [-0.2, 0) is 11.2 Å². The summed E-state index contributed by atoms with van der Waals surface area (Å²) >= 11 is 0. The van der Waals surface area contributed by atoms with E-state index in [4.69, 9.17) is 4.74 Å². The first-order valence-electron chi connectivity index (χ1n) is 6.74. The van der Waals surface area contributed by atoms with E-state index in [1.54, 1.807) is 0 Å². The minimum atomic E-state index is 0.0588. The number of nitrogens with zero attached hydrogens (tertiary/aromatic N) is 1. The van der Waals surface area contributed by atoms with Gasteiger partial charge in [0.2, 0.25) is 0 Å². The number of ether oxygens (including phenoxy) is 1. The van der Waals surface area contributed by atoms with Crippen LogP contribution >= 0.6 is 0 Å². The molecular weight excluding hydrogens is 234 g/mol. The van der Waals surface area contributed by atoms with Crippen LogP contribution in [0.25, 0.3) is 0 Å². The zero-order valence-corrected chi connectivity index (χ0v) is 11.0. The molecule has 0 amide bonds. The second-order valence-electron chi connectivity index (χ2n) is 4.71. The lowest BCUT2D eigenvalue weighted by atomic mass is 10.0. The minimum Gasteiger partial charge on any atom is -0.472 e. The molecule has 1 unspecified atom stereocenters. The number of rotatable bonds is 2. The van der Waals surface area contributed by atoms with Crippen molar-refractivity contribution in [2.75, 3.05) is 0 Å². The molecule has 19 heavy (non-hydrogen) atoms. The molecule has 3 rings (SSSR count). The van der Waals surface area contributed by atoms with Crippen LogP contribution < -0.4 is 0 Å². The predicted octanol–water partition coefficient (Wildman–Crippen LogP) is 4.44. The van der Waals surface area contributed by atoms with Gasteiger partial charge < -0.3 is 4.74 Å². The van der Waals surface area contributed by atoms with Gasteiger partial charge in [-0.15, -0.1) is 0 Å². The third-order valence-corrected chi connectivity index (χ3v) is 3.39. The Balaban J connectivity index is 2.00. The highest BCUT2D eigenvalue weighted by Crippen LogP contribution is 2.31. The van der Waals surface area contributed by atoms with Gasteiger partial charge in [-0.05, 0) is 17.2 Å². The van der Waals surface area contributed by atoms with Crippen molar-refractivity contribution in [3.05, 3.63) is 65.7 Å². The second kappa shape index (κ2) is 5.27. The van der Waals surface area contributed by atoms with Crippen molar-refractivity contribution in [1.29, 1.82) is 0 Å². The third kappa shape index (κ3) is 2.53. The molecule has 96 valence electrons. The SMILES string of the molecule is CCC1=Nc2ccccc2CC(c2ccccc2)O1. The zero-order chi connectivity index (χ0) is 13.1. The van der Waals surface area contributed by atoms with E-state index in [0.717, 1.165) is 24.4 Å². The largest absolute Gasteiger partial charge is 0.472 e. The van der Waals surface area contributed by atoms with Gasteiger partial charge in [-0.1, -0.05) is 55.5 Å². The Labute approximate surface area is 113 Å². The molecule has 1 heterocycles. The van der Waals surface area contributed by atoms with Crippen molar-refractivity contribution < 1.29 is 4.74 Å². The van der Waals surface area contributed by atoms with Crippen LogP contribution in [-0.4, -0.2) is 5.90 Å². The van der Waals surface area contributed by atoms with Gasteiger partial charge in [0.1, 0.15) is 6.10 Å². The zero-order valence-electron chi connectivity index (χ0n) is 11.0. The molecule has 0 N–H and O–H groups in total. The second-order valence-corrected chi connectivity index (χ2v) is 4.71. The number of aliphatic imine (C=N–C) groups is 1. The van der Waals surface area contributed by atoms with Gasteiger partial charge in [0.05, 0.1) is 5.69 Å². The van der Waals surface area contributed by atoms with E-state index < -0.39 is 0 Å². The first kappa shape index (κ1) is 12.0. The summed E-state index contributed by atoms with van der Waals surface area (Å²) in [7, 11) is 0. The molecule has 0 saturated heterocycles. The molecule has 0 spiro atoms. The van der Waals surface area contributed by atoms with Crippen LogP contribution in [0.2, 0.25) is 0 Å². The summed E-state index contributed by atoms with van der Waals surface area (Å²) < 4.78 is 6.08. The maximum absolute atomic E-state index is 6.08. The summed E-state index contributed by atoms with van der Waals surface area (Å²) in [5, 5.41) is 0. The highest BCUT2D eigenvalue weighted by Gasteiger charge is 2.20. The van der Waals surface area contributed by atoms with E-state index >= 15 is 0 Å². The van der Waals surface area contributed by atoms with E-state index in [1.165, 1.54) is 11.1 Å². The highest BCUT2D eigenvalue weighted by atomic mass is 16.5. The maximum Gasteiger partial charge on any atom is 0.188 e. The third-order valence-electron chi connectivity index (χ3n) is 3.39. The van der Waals surface area contributed by atoms with Crippen molar-refractivity contribution in [2.24, 2.45) is 4.99 Å². The average Bonchev–Trinajstić information content (AvgIpc) is 2.67. The predicted molar refractivity (Wildman–Crippen MR) is 77.8 cm³/mol. The number of hydrogen-bond donors (Lipinski definition) is 0. The van der Waals surface area contributed by atoms with Gasteiger partial charge in [-0.2, -0.15) is 0 Å². The summed E-state index contributed by atoms with van der Waals surface area (Å²) in [5.41, 5.74) is 3.50. The summed E-state index contributed by atoms with van der Waals surface area (Å²) in [5.74, 6) is 0.818.